The van der Waals surface area contributed by atoms with Crippen molar-refractivity contribution in [1.29, 1.82) is 0 Å². The number of piperidine rings is 1. The fourth-order valence-corrected chi connectivity index (χ4v) is 3.76. The number of nitrogens with one attached hydrogen (secondary N) is 1. The van der Waals surface area contributed by atoms with Crippen LogP contribution in [0.4, 0.5) is 13.2 Å². The Balaban J connectivity index is 1.43. The van der Waals surface area contributed by atoms with Gasteiger partial charge in [0.15, 0.2) is 0 Å². The van der Waals surface area contributed by atoms with E-state index in [2.05, 4.69) is 11.9 Å². The zero-order valence-electron chi connectivity index (χ0n) is 15.0. The number of nitrogens with zero attached hydrogens (tertiary/aromatic N) is 1. The van der Waals surface area contributed by atoms with Gasteiger partial charge < -0.3 is 10.2 Å². The molecule has 2 fully saturated rings. The number of carbonyl (C=O) groups is 2. The molecule has 1 heterocycles. The van der Waals surface area contributed by atoms with Crippen LogP contribution in [-0.4, -0.2) is 35.8 Å². The molecule has 1 saturated heterocycles. The van der Waals surface area contributed by atoms with Gasteiger partial charge in [0.2, 0.25) is 11.8 Å². The second-order valence-corrected chi connectivity index (χ2v) is 7.30. The van der Waals surface area contributed by atoms with Gasteiger partial charge in [-0.1, -0.05) is 18.7 Å². The molecular weight excluding hydrogens is 357 g/mol. The van der Waals surface area contributed by atoms with E-state index in [1.165, 1.54) is 18.2 Å². The predicted molar refractivity (Wildman–Crippen MR) is 94.9 cm³/mol. The number of halogens is 3. The van der Waals surface area contributed by atoms with Crippen LogP contribution in [0.15, 0.2) is 36.9 Å². The number of carbonyl (C=O) groups excluding carboxylic acids is 2. The van der Waals surface area contributed by atoms with Crippen molar-refractivity contribution in [3.05, 3.63) is 48.0 Å². The van der Waals surface area contributed by atoms with Gasteiger partial charge in [-0.2, -0.15) is 13.2 Å². The standard InChI is InChI=1S/C20H23F3N2O2/c1-2-18(26)25-9-7-14(8-10-25)19(27)24-17-11-15(12-17)13-3-5-16(6-4-13)20(21,22)23/h2-6,14-15,17H,1,7-12H2,(H,24,27). The molecule has 0 unspecified atom stereocenters. The predicted octanol–water partition coefficient (Wildman–Crippen LogP) is 3.49. The molecule has 1 aliphatic heterocycles. The third-order valence-corrected chi connectivity index (χ3v) is 5.55. The Morgan fingerprint density at radius 3 is 2.22 bits per heavy atom. The van der Waals surface area contributed by atoms with E-state index < -0.39 is 11.7 Å². The van der Waals surface area contributed by atoms with Crippen molar-refractivity contribution in [2.75, 3.05) is 13.1 Å². The van der Waals surface area contributed by atoms with Crippen molar-refractivity contribution < 1.29 is 22.8 Å². The van der Waals surface area contributed by atoms with Crippen LogP contribution in [0.3, 0.4) is 0 Å². The topological polar surface area (TPSA) is 49.4 Å². The number of likely N-dealkylation sites (tertiary alicyclic amines) is 1. The molecule has 0 bridgehead atoms. The van der Waals surface area contributed by atoms with Crippen LogP contribution in [-0.2, 0) is 15.8 Å². The Bertz CT molecular complexity index is 701. The summed E-state index contributed by atoms with van der Waals surface area (Å²) in [5.41, 5.74) is 0.237. The third kappa shape index (κ3) is 4.51. The minimum atomic E-state index is -4.32. The molecule has 7 heteroatoms. The molecule has 2 amide bonds. The number of hydrogen-bond acceptors (Lipinski definition) is 2. The Kier molecular flexibility index (Phi) is 5.58. The first-order chi connectivity index (χ1) is 12.8. The molecule has 1 aromatic rings. The number of alkyl halides is 3. The van der Waals surface area contributed by atoms with Crippen molar-refractivity contribution in [2.45, 2.75) is 43.8 Å². The molecular formula is C20H23F3N2O2. The summed E-state index contributed by atoms with van der Waals surface area (Å²) in [5, 5.41) is 3.04. The molecule has 1 aliphatic carbocycles. The fourth-order valence-electron chi connectivity index (χ4n) is 3.76. The van der Waals surface area contributed by atoms with Gasteiger partial charge >= 0.3 is 6.18 Å². The summed E-state index contributed by atoms with van der Waals surface area (Å²) >= 11 is 0. The first kappa shape index (κ1) is 19.5. The summed E-state index contributed by atoms with van der Waals surface area (Å²) in [7, 11) is 0. The molecule has 3 rings (SSSR count). The lowest BCUT2D eigenvalue weighted by Gasteiger charge is -2.38. The summed E-state index contributed by atoms with van der Waals surface area (Å²) in [6.45, 7) is 4.59. The highest BCUT2D eigenvalue weighted by molar-refractivity contribution is 5.87. The Labute approximate surface area is 156 Å². The van der Waals surface area contributed by atoms with E-state index >= 15 is 0 Å². The molecule has 1 saturated carbocycles. The van der Waals surface area contributed by atoms with Gasteiger partial charge in [0.1, 0.15) is 0 Å². The second kappa shape index (κ2) is 7.74. The minimum Gasteiger partial charge on any atom is -0.353 e. The van der Waals surface area contributed by atoms with Gasteiger partial charge in [0, 0.05) is 25.0 Å². The second-order valence-electron chi connectivity index (χ2n) is 7.30. The van der Waals surface area contributed by atoms with Crippen LogP contribution in [0.1, 0.15) is 42.7 Å². The lowest BCUT2D eigenvalue weighted by atomic mass is 9.75. The first-order valence-corrected chi connectivity index (χ1v) is 9.17. The number of rotatable bonds is 4. The van der Waals surface area contributed by atoms with Gasteiger partial charge in [-0.3, -0.25) is 9.59 Å². The van der Waals surface area contributed by atoms with Crippen LogP contribution >= 0.6 is 0 Å². The van der Waals surface area contributed by atoms with Gasteiger partial charge in [-0.15, -0.1) is 0 Å². The molecule has 1 N–H and O–H groups in total. The van der Waals surface area contributed by atoms with Gasteiger partial charge in [-0.05, 0) is 55.4 Å². The maximum absolute atomic E-state index is 12.6. The fraction of sp³-hybridized carbons (Fsp3) is 0.500. The van der Waals surface area contributed by atoms with Crippen molar-refractivity contribution in [1.82, 2.24) is 10.2 Å². The number of benzene rings is 1. The van der Waals surface area contributed by atoms with E-state index in [1.807, 2.05) is 0 Å². The Morgan fingerprint density at radius 2 is 1.70 bits per heavy atom. The highest BCUT2D eigenvalue weighted by atomic mass is 19.4. The summed E-state index contributed by atoms with van der Waals surface area (Å²) in [6.07, 6.45) is -0.270. The van der Waals surface area contributed by atoms with Crippen molar-refractivity contribution in [3.8, 4) is 0 Å². The normalized spacial score (nSPS) is 23.4. The molecule has 146 valence electrons. The van der Waals surface area contributed by atoms with Crippen LogP contribution in [0.5, 0.6) is 0 Å². The van der Waals surface area contributed by atoms with Gasteiger partial charge in [0.05, 0.1) is 5.56 Å². The lowest BCUT2D eigenvalue weighted by molar-refractivity contribution is -0.137. The number of amides is 2. The lowest BCUT2D eigenvalue weighted by Crippen LogP contribution is -2.48. The summed E-state index contributed by atoms with van der Waals surface area (Å²) in [4.78, 5) is 25.6. The molecule has 4 nitrogen and oxygen atoms in total. The summed E-state index contributed by atoms with van der Waals surface area (Å²) in [5.74, 6) is -0.00238. The molecule has 0 aromatic heterocycles. The van der Waals surface area contributed by atoms with E-state index in [0.29, 0.717) is 25.9 Å². The van der Waals surface area contributed by atoms with E-state index in [0.717, 1.165) is 30.5 Å². The Hall–Kier alpha value is -2.31. The highest BCUT2D eigenvalue weighted by Crippen LogP contribution is 2.38. The molecule has 0 spiro atoms. The molecule has 27 heavy (non-hydrogen) atoms. The molecule has 0 atom stereocenters. The maximum atomic E-state index is 12.6. The first-order valence-electron chi connectivity index (χ1n) is 9.17. The largest absolute Gasteiger partial charge is 0.416 e. The molecule has 1 aromatic carbocycles. The maximum Gasteiger partial charge on any atom is 0.416 e. The zero-order chi connectivity index (χ0) is 19.6. The highest BCUT2D eigenvalue weighted by Gasteiger charge is 2.35. The average Bonchev–Trinajstić information content (AvgIpc) is 2.63. The Morgan fingerprint density at radius 1 is 1.11 bits per heavy atom. The van der Waals surface area contributed by atoms with Crippen LogP contribution in [0.2, 0.25) is 0 Å². The van der Waals surface area contributed by atoms with Crippen LogP contribution in [0, 0.1) is 5.92 Å². The zero-order valence-corrected chi connectivity index (χ0v) is 15.0. The van der Waals surface area contributed by atoms with Crippen LogP contribution < -0.4 is 5.32 Å². The summed E-state index contributed by atoms with van der Waals surface area (Å²) < 4.78 is 37.8. The number of hydrogen-bond donors (Lipinski definition) is 1. The minimum absolute atomic E-state index is 0.0107. The molecule has 2 aliphatic rings. The van der Waals surface area contributed by atoms with Crippen LogP contribution in [0.25, 0.3) is 0 Å². The van der Waals surface area contributed by atoms with Gasteiger partial charge in [0.25, 0.3) is 0 Å². The SMILES string of the molecule is C=CC(=O)N1CCC(C(=O)NC2CC(c3ccc(C(F)(F)F)cc3)C2)CC1. The average molecular weight is 380 g/mol. The third-order valence-electron chi connectivity index (χ3n) is 5.55. The molecule has 0 radical (unpaired) electrons. The summed E-state index contributed by atoms with van der Waals surface area (Å²) in [6, 6.07) is 5.34. The van der Waals surface area contributed by atoms with Crippen molar-refractivity contribution in [2.24, 2.45) is 5.92 Å². The quantitative estimate of drug-likeness (QED) is 0.813. The van der Waals surface area contributed by atoms with E-state index in [4.69, 9.17) is 0 Å². The van der Waals surface area contributed by atoms with E-state index in [9.17, 15) is 22.8 Å². The van der Waals surface area contributed by atoms with E-state index in [-0.39, 0.29) is 29.7 Å². The monoisotopic (exact) mass is 380 g/mol. The van der Waals surface area contributed by atoms with Crippen molar-refractivity contribution in [3.63, 3.8) is 0 Å². The van der Waals surface area contributed by atoms with E-state index in [1.54, 1.807) is 4.90 Å². The smallest absolute Gasteiger partial charge is 0.353 e. The van der Waals surface area contributed by atoms with Gasteiger partial charge in [-0.25, -0.2) is 0 Å². The van der Waals surface area contributed by atoms with Crippen molar-refractivity contribution >= 4 is 11.8 Å².